The zero-order chi connectivity index (χ0) is 19.2. The molecule has 0 aliphatic carbocycles. The maximum atomic E-state index is 6.00. The minimum absolute atomic E-state index is 0. The molecule has 28 heavy (non-hydrogen) atoms. The van der Waals surface area contributed by atoms with Crippen LogP contribution in [-0.4, -0.2) is 28.1 Å². The summed E-state index contributed by atoms with van der Waals surface area (Å²) >= 11 is 7.64. The highest BCUT2D eigenvalue weighted by molar-refractivity contribution is 14.0. The first-order valence-corrected chi connectivity index (χ1v) is 9.78. The number of benzene rings is 1. The van der Waals surface area contributed by atoms with Gasteiger partial charge in [-0.2, -0.15) is 4.98 Å². The molecule has 0 atom stereocenters. The molecule has 0 fully saturated rings. The van der Waals surface area contributed by atoms with Crippen molar-refractivity contribution >= 4 is 52.9 Å². The van der Waals surface area contributed by atoms with Crippen LogP contribution in [0.5, 0.6) is 0 Å². The average molecular weight is 533 g/mol. The number of rotatable bonds is 6. The Kier molecular flexibility index (Phi) is 8.64. The van der Waals surface area contributed by atoms with Gasteiger partial charge in [-0.1, -0.05) is 42.7 Å². The molecule has 0 saturated carbocycles. The molecule has 7 nitrogen and oxygen atoms in total. The van der Waals surface area contributed by atoms with Gasteiger partial charge in [0.1, 0.15) is 5.01 Å². The summed E-state index contributed by atoms with van der Waals surface area (Å²) in [6, 6.07) is 7.33. The van der Waals surface area contributed by atoms with E-state index in [-0.39, 0.29) is 24.0 Å². The molecule has 2 N–H and O–H groups in total. The highest BCUT2D eigenvalue weighted by Crippen LogP contribution is 2.20. The molecule has 2 aromatic heterocycles. The lowest BCUT2D eigenvalue weighted by molar-refractivity contribution is 0.375. The summed E-state index contributed by atoms with van der Waals surface area (Å²) in [4.78, 5) is 13.2. The normalized spacial score (nSPS) is 11.4. The molecule has 0 aliphatic rings. The fourth-order valence-corrected chi connectivity index (χ4v) is 3.37. The number of aromatic nitrogens is 3. The van der Waals surface area contributed by atoms with Gasteiger partial charge in [-0.15, -0.1) is 35.3 Å². The van der Waals surface area contributed by atoms with Crippen molar-refractivity contribution in [2.45, 2.75) is 32.9 Å². The smallest absolute Gasteiger partial charge is 0.246 e. The predicted octanol–water partition coefficient (Wildman–Crippen LogP) is 4.45. The molecular weight excluding hydrogens is 511 g/mol. The molecule has 3 rings (SSSR count). The minimum Gasteiger partial charge on any atom is -0.350 e. The number of aliphatic imine (C=N–C) groups is 1. The summed E-state index contributed by atoms with van der Waals surface area (Å²) in [7, 11) is 1.71. The molecule has 10 heteroatoms. The summed E-state index contributed by atoms with van der Waals surface area (Å²) in [6.45, 7) is 5.24. The van der Waals surface area contributed by atoms with E-state index in [0.717, 1.165) is 16.3 Å². The summed E-state index contributed by atoms with van der Waals surface area (Å²) in [5.74, 6) is 2.03. The van der Waals surface area contributed by atoms with Gasteiger partial charge in [0.25, 0.3) is 0 Å². The van der Waals surface area contributed by atoms with Crippen molar-refractivity contribution in [3.63, 3.8) is 0 Å². The predicted molar refractivity (Wildman–Crippen MR) is 123 cm³/mol. The zero-order valence-electron chi connectivity index (χ0n) is 15.8. The second kappa shape index (κ2) is 10.7. The van der Waals surface area contributed by atoms with Gasteiger partial charge in [-0.25, -0.2) is 4.98 Å². The minimum atomic E-state index is 0. The van der Waals surface area contributed by atoms with Gasteiger partial charge in [0, 0.05) is 23.0 Å². The Hall–Kier alpha value is -1.72. The van der Waals surface area contributed by atoms with Gasteiger partial charge in [0.15, 0.2) is 5.96 Å². The second-order valence-corrected chi connectivity index (χ2v) is 7.50. The van der Waals surface area contributed by atoms with Crippen molar-refractivity contribution in [2.75, 3.05) is 7.05 Å². The molecule has 0 unspecified atom stereocenters. The molecule has 0 radical (unpaired) electrons. The van der Waals surface area contributed by atoms with E-state index in [1.165, 1.54) is 0 Å². The summed E-state index contributed by atoms with van der Waals surface area (Å²) in [5, 5.41) is 14.1. The molecule has 0 saturated heterocycles. The number of nitrogens with zero attached hydrogens (tertiary/aromatic N) is 4. The van der Waals surface area contributed by atoms with Crippen molar-refractivity contribution in [2.24, 2.45) is 4.99 Å². The maximum Gasteiger partial charge on any atom is 0.246 e. The van der Waals surface area contributed by atoms with Crippen LogP contribution >= 0.6 is 46.9 Å². The number of guanidine groups is 1. The molecular formula is C18H22ClIN6OS. The van der Waals surface area contributed by atoms with E-state index in [0.29, 0.717) is 41.7 Å². The molecule has 0 spiro atoms. The van der Waals surface area contributed by atoms with Crippen molar-refractivity contribution in [3.05, 3.63) is 51.3 Å². The molecule has 3 aromatic rings. The Balaban J connectivity index is 0.00000280. The summed E-state index contributed by atoms with van der Waals surface area (Å²) in [5.41, 5.74) is 1.92. The van der Waals surface area contributed by atoms with E-state index >= 15 is 0 Å². The van der Waals surface area contributed by atoms with Crippen molar-refractivity contribution in [1.29, 1.82) is 0 Å². The third-order valence-electron chi connectivity index (χ3n) is 3.75. The first-order chi connectivity index (χ1) is 13.0. The van der Waals surface area contributed by atoms with Crippen LogP contribution in [0.4, 0.5) is 0 Å². The monoisotopic (exact) mass is 532 g/mol. The van der Waals surface area contributed by atoms with Crippen molar-refractivity contribution in [3.8, 4) is 11.4 Å². The van der Waals surface area contributed by atoms with Gasteiger partial charge in [-0.05, 0) is 18.1 Å². The Bertz CT molecular complexity index is 926. The number of hydrogen-bond acceptors (Lipinski definition) is 6. The van der Waals surface area contributed by atoms with Crippen LogP contribution in [0.15, 0.2) is 39.2 Å². The topological polar surface area (TPSA) is 88.2 Å². The lowest BCUT2D eigenvalue weighted by Gasteiger charge is -2.08. The van der Waals surface area contributed by atoms with Crippen LogP contribution in [0.1, 0.15) is 36.4 Å². The zero-order valence-corrected chi connectivity index (χ0v) is 19.7. The standard InChI is InChI=1S/C18H21ClN6OS.HI/c1-11(2)14-10-27-16(23-14)9-22-18(20-3)21-8-15-24-17(25-26-15)12-5-4-6-13(19)7-12;/h4-7,10-11H,8-9H2,1-3H3,(H2,20,21,22);1H. The Labute approximate surface area is 190 Å². The molecule has 0 bridgehead atoms. The van der Waals surface area contributed by atoms with Crippen LogP contribution in [0.25, 0.3) is 11.4 Å². The Morgan fingerprint density at radius 2 is 2.04 bits per heavy atom. The number of nitrogens with one attached hydrogen (secondary N) is 2. The third-order valence-corrected chi connectivity index (χ3v) is 4.85. The van der Waals surface area contributed by atoms with E-state index in [4.69, 9.17) is 16.1 Å². The summed E-state index contributed by atoms with van der Waals surface area (Å²) < 4.78 is 5.29. The van der Waals surface area contributed by atoms with Crippen LogP contribution in [0.3, 0.4) is 0 Å². The van der Waals surface area contributed by atoms with Crippen molar-refractivity contribution < 1.29 is 4.52 Å². The lowest BCUT2D eigenvalue weighted by atomic mass is 10.2. The van der Waals surface area contributed by atoms with Crippen molar-refractivity contribution in [1.82, 2.24) is 25.8 Å². The SMILES string of the molecule is CN=C(NCc1nc(-c2cccc(Cl)c2)no1)NCc1nc(C(C)C)cs1.I. The van der Waals surface area contributed by atoms with E-state index in [1.807, 2.05) is 12.1 Å². The fourth-order valence-electron chi connectivity index (χ4n) is 2.28. The fraction of sp³-hybridized carbons (Fsp3) is 0.333. The van der Waals surface area contributed by atoms with Crippen LogP contribution in [0.2, 0.25) is 5.02 Å². The number of hydrogen-bond donors (Lipinski definition) is 2. The maximum absolute atomic E-state index is 6.00. The molecule has 1 aromatic carbocycles. The molecule has 150 valence electrons. The van der Waals surface area contributed by atoms with Gasteiger partial charge in [0.05, 0.1) is 18.8 Å². The van der Waals surface area contributed by atoms with E-state index in [9.17, 15) is 0 Å². The molecule has 0 aliphatic heterocycles. The first-order valence-electron chi connectivity index (χ1n) is 8.52. The number of thiazole rings is 1. The lowest BCUT2D eigenvalue weighted by Crippen LogP contribution is -2.36. The van der Waals surface area contributed by atoms with Gasteiger partial charge in [0.2, 0.25) is 11.7 Å². The highest BCUT2D eigenvalue weighted by Gasteiger charge is 2.10. The first kappa shape index (κ1) is 22.6. The van der Waals surface area contributed by atoms with E-state index in [2.05, 4.69) is 50.0 Å². The van der Waals surface area contributed by atoms with E-state index < -0.39 is 0 Å². The molecule has 2 heterocycles. The Morgan fingerprint density at radius 1 is 1.25 bits per heavy atom. The Morgan fingerprint density at radius 3 is 2.71 bits per heavy atom. The number of halogens is 2. The van der Waals surface area contributed by atoms with Crippen LogP contribution in [0, 0.1) is 0 Å². The van der Waals surface area contributed by atoms with Gasteiger partial charge in [-0.3, -0.25) is 4.99 Å². The average Bonchev–Trinajstić information content (AvgIpc) is 3.31. The van der Waals surface area contributed by atoms with Gasteiger partial charge >= 0.3 is 0 Å². The largest absolute Gasteiger partial charge is 0.350 e. The second-order valence-electron chi connectivity index (χ2n) is 6.12. The van der Waals surface area contributed by atoms with Gasteiger partial charge < -0.3 is 15.2 Å². The van der Waals surface area contributed by atoms with E-state index in [1.54, 1.807) is 30.5 Å². The van der Waals surface area contributed by atoms with Crippen LogP contribution in [-0.2, 0) is 13.1 Å². The highest BCUT2D eigenvalue weighted by atomic mass is 127. The summed E-state index contributed by atoms with van der Waals surface area (Å²) in [6.07, 6.45) is 0. The van der Waals surface area contributed by atoms with Crippen LogP contribution < -0.4 is 10.6 Å². The quantitative estimate of drug-likeness (QED) is 0.277. The third kappa shape index (κ3) is 6.14. The molecule has 0 amide bonds.